The van der Waals surface area contributed by atoms with Gasteiger partial charge < -0.3 is 5.32 Å². The molecule has 0 saturated heterocycles. The summed E-state index contributed by atoms with van der Waals surface area (Å²) in [6.45, 7) is 2.26. The van der Waals surface area contributed by atoms with Crippen LogP contribution in [0.3, 0.4) is 0 Å². The van der Waals surface area contributed by atoms with E-state index in [4.69, 9.17) is 0 Å². The number of benzene rings is 1. The summed E-state index contributed by atoms with van der Waals surface area (Å²) >= 11 is 1.74. The first-order chi connectivity index (χ1) is 6.74. The molecule has 2 nitrogen and oxygen atoms in total. The molecule has 3 heteroatoms. The summed E-state index contributed by atoms with van der Waals surface area (Å²) in [6, 6.07) is 8.28. The van der Waals surface area contributed by atoms with E-state index in [1.807, 2.05) is 12.1 Å². The lowest BCUT2D eigenvalue weighted by Crippen LogP contribution is -2.22. The van der Waals surface area contributed by atoms with Crippen LogP contribution in [-0.4, -0.2) is 18.7 Å². The summed E-state index contributed by atoms with van der Waals surface area (Å²) < 4.78 is 0. The number of rotatable bonds is 4. The van der Waals surface area contributed by atoms with Crippen molar-refractivity contribution in [1.29, 1.82) is 0 Å². The van der Waals surface area contributed by atoms with E-state index in [2.05, 4.69) is 23.7 Å². The summed E-state index contributed by atoms with van der Waals surface area (Å²) in [4.78, 5) is 12.0. The Hall–Kier alpha value is -0.960. The number of nitrogens with one attached hydrogen (secondary N) is 1. The van der Waals surface area contributed by atoms with Crippen LogP contribution in [0, 0.1) is 0 Å². The van der Waals surface area contributed by atoms with Crippen LogP contribution in [0.1, 0.15) is 12.5 Å². The van der Waals surface area contributed by atoms with Gasteiger partial charge in [-0.15, -0.1) is 11.8 Å². The smallest absolute Gasteiger partial charge is 0.216 e. The molecule has 76 valence electrons. The molecule has 0 aromatic heterocycles. The van der Waals surface area contributed by atoms with Crippen molar-refractivity contribution >= 4 is 17.7 Å². The van der Waals surface area contributed by atoms with Gasteiger partial charge in [0.15, 0.2) is 0 Å². The Bertz CT molecular complexity index is 312. The lowest BCUT2D eigenvalue weighted by molar-refractivity contribution is -0.118. The average Bonchev–Trinajstić information content (AvgIpc) is 2.18. The minimum absolute atomic E-state index is 0.0339. The van der Waals surface area contributed by atoms with Crippen molar-refractivity contribution in [1.82, 2.24) is 5.32 Å². The fourth-order valence-electron chi connectivity index (χ4n) is 1.28. The Balaban J connectivity index is 2.53. The molecule has 14 heavy (non-hydrogen) atoms. The molecule has 0 bridgehead atoms. The van der Waals surface area contributed by atoms with E-state index < -0.39 is 0 Å². The van der Waals surface area contributed by atoms with E-state index >= 15 is 0 Å². The molecule has 0 radical (unpaired) electrons. The van der Waals surface area contributed by atoms with Crippen molar-refractivity contribution in [2.75, 3.05) is 12.8 Å². The molecule has 0 aliphatic rings. The Morgan fingerprint density at radius 2 is 2.14 bits per heavy atom. The second-order valence-electron chi connectivity index (χ2n) is 3.04. The van der Waals surface area contributed by atoms with Crippen LogP contribution in [-0.2, 0) is 11.2 Å². The number of carbonyl (C=O) groups is 1. The fourth-order valence-corrected chi connectivity index (χ4v) is 1.93. The van der Waals surface area contributed by atoms with Gasteiger partial charge in [-0.05, 0) is 24.3 Å². The molecular weight excluding hydrogens is 194 g/mol. The summed E-state index contributed by atoms with van der Waals surface area (Å²) in [5.74, 6) is 0.0339. The lowest BCUT2D eigenvalue weighted by Gasteiger charge is -2.06. The zero-order valence-electron chi connectivity index (χ0n) is 8.54. The van der Waals surface area contributed by atoms with Crippen molar-refractivity contribution in [3.63, 3.8) is 0 Å². The summed E-state index contributed by atoms with van der Waals surface area (Å²) in [6.07, 6.45) is 2.97. The molecule has 0 aliphatic heterocycles. The zero-order valence-corrected chi connectivity index (χ0v) is 9.36. The van der Waals surface area contributed by atoms with Crippen molar-refractivity contribution < 1.29 is 4.79 Å². The molecule has 1 aromatic rings. The Morgan fingerprint density at radius 1 is 1.43 bits per heavy atom. The van der Waals surface area contributed by atoms with E-state index in [9.17, 15) is 4.79 Å². The van der Waals surface area contributed by atoms with Crippen LogP contribution >= 0.6 is 11.8 Å². The summed E-state index contributed by atoms with van der Waals surface area (Å²) in [5.41, 5.74) is 1.30. The van der Waals surface area contributed by atoms with Gasteiger partial charge in [-0.25, -0.2) is 0 Å². The molecule has 0 spiro atoms. The highest BCUT2D eigenvalue weighted by atomic mass is 32.2. The van der Waals surface area contributed by atoms with Crippen LogP contribution in [0.4, 0.5) is 0 Å². The molecule has 0 heterocycles. The standard InChI is InChI=1S/C11H15NOS/c1-9(13)12-8-7-10-5-3-4-6-11(10)14-2/h3-6H,7-8H2,1-2H3,(H,12,13). The molecule has 1 rings (SSSR count). The van der Waals surface area contributed by atoms with Gasteiger partial charge in [0.1, 0.15) is 0 Å². The van der Waals surface area contributed by atoms with Gasteiger partial charge in [-0.3, -0.25) is 4.79 Å². The average molecular weight is 209 g/mol. The fraction of sp³-hybridized carbons (Fsp3) is 0.364. The zero-order chi connectivity index (χ0) is 10.4. The quantitative estimate of drug-likeness (QED) is 0.769. The van der Waals surface area contributed by atoms with Crippen LogP contribution < -0.4 is 5.32 Å². The predicted octanol–water partition coefficient (Wildman–Crippen LogP) is 2.09. The first kappa shape index (κ1) is 11.1. The monoisotopic (exact) mass is 209 g/mol. The Morgan fingerprint density at radius 3 is 2.79 bits per heavy atom. The van der Waals surface area contributed by atoms with Crippen LogP contribution in [0.5, 0.6) is 0 Å². The SMILES string of the molecule is CSc1ccccc1CCNC(C)=O. The van der Waals surface area contributed by atoms with Crippen LogP contribution in [0.25, 0.3) is 0 Å². The highest BCUT2D eigenvalue weighted by Crippen LogP contribution is 2.19. The van der Waals surface area contributed by atoms with E-state index in [1.54, 1.807) is 18.7 Å². The maximum atomic E-state index is 10.7. The van der Waals surface area contributed by atoms with Gasteiger partial charge >= 0.3 is 0 Å². The van der Waals surface area contributed by atoms with Gasteiger partial charge in [-0.1, -0.05) is 18.2 Å². The highest BCUT2D eigenvalue weighted by molar-refractivity contribution is 7.98. The Labute approximate surface area is 89.1 Å². The van der Waals surface area contributed by atoms with Crippen molar-refractivity contribution in [3.05, 3.63) is 29.8 Å². The highest BCUT2D eigenvalue weighted by Gasteiger charge is 1.99. The maximum absolute atomic E-state index is 10.7. The molecule has 0 fully saturated rings. The van der Waals surface area contributed by atoms with E-state index in [0.29, 0.717) is 6.54 Å². The number of hydrogen-bond acceptors (Lipinski definition) is 2. The first-order valence-electron chi connectivity index (χ1n) is 4.60. The third kappa shape index (κ3) is 3.42. The third-order valence-electron chi connectivity index (χ3n) is 1.96. The summed E-state index contributed by atoms with van der Waals surface area (Å²) in [5, 5.41) is 2.80. The topological polar surface area (TPSA) is 29.1 Å². The molecule has 1 N–H and O–H groups in total. The first-order valence-corrected chi connectivity index (χ1v) is 5.83. The lowest BCUT2D eigenvalue weighted by atomic mass is 10.1. The summed E-state index contributed by atoms with van der Waals surface area (Å²) in [7, 11) is 0. The number of amides is 1. The largest absolute Gasteiger partial charge is 0.356 e. The van der Waals surface area contributed by atoms with E-state index in [-0.39, 0.29) is 5.91 Å². The second-order valence-corrected chi connectivity index (χ2v) is 3.89. The molecule has 1 amide bonds. The van der Waals surface area contributed by atoms with Gasteiger partial charge in [-0.2, -0.15) is 0 Å². The molecule has 0 aliphatic carbocycles. The molecule has 1 aromatic carbocycles. The molecular formula is C11H15NOS. The third-order valence-corrected chi connectivity index (χ3v) is 2.80. The second kappa shape index (κ2) is 5.70. The normalized spacial score (nSPS) is 9.86. The van der Waals surface area contributed by atoms with Gasteiger partial charge in [0, 0.05) is 18.4 Å². The minimum Gasteiger partial charge on any atom is -0.356 e. The maximum Gasteiger partial charge on any atom is 0.216 e. The predicted molar refractivity (Wildman–Crippen MR) is 60.6 cm³/mol. The van der Waals surface area contributed by atoms with Gasteiger partial charge in [0.2, 0.25) is 5.91 Å². The Kier molecular flexibility index (Phi) is 4.53. The number of hydrogen-bond donors (Lipinski definition) is 1. The molecule has 0 unspecified atom stereocenters. The van der Waals surface area contributed by atoms with Crippen molar-refractivity contribution in [2.45, 2.75) is 18.2 Å². The molecule has 0 saturated carbocycles. The number of thioether (sulfide) groups is 1. The minimum atomic E-state index is 0.0339. The van der Waals surface area contributed by atoms with E-state index in [1.165, 1.54) is 10.5 Å². The van der Waals surface area contributed by atoms with Crippen molar-refractivity contribution in [3.8, 4) is 0 Å². The van der Waals surface area contributed by atoms with Crippen LogP contribution in [0.15, 0.2) is 29.2 Å². The van der Waals surface area contributed by atoms with Gasteiger partial charge in [0.25, 0.3) is 0 Å². The van der Waals surface area contributed by atoms with E-state index in [0.717, 1.165) is 6.42 Å². The van der Waals surface area contributed by atoms with Gasteiger partial charge in [0.05, 0.1) is 0 Å². The number of carbonyl (C=O) groups excluding carboxylic acids is 1. The van der Waals surface area contributed by atoms with Crippen LogP contribution in [0.2, 0.25) is 0 Å². The van der Waals surface area contributed by atoms with Crippen molar-refractivity contribution in [2.24, 2.45) is 0 Å². The molecule has 0 atom stereocenters.